The zero-order valence-corrected chi connectivity index (χ0v) is 12.6. The molecule has 5 nitrogen and oxygen atoms in total. The van der Waals surface area contributed by atoms with Crippen molar-refractivity contribution in [2.45, 2.75) is 51.6 Å². The largest absolute Gasteiger partial charge is 0.352 e. The third kappa shape index (κ3) is 2.35. The molecule has 3 heterocycles. The summed E-state index contributed by atoms with van der Waals surface area (Å²) in [6.45, 7) is 4.56. The van der Waals surface area contributed by atoms with E-state index in [-0.39, 0.29) is 5.91 Å². The van der Waals surface area contributed by atoms with Crippen molar-refractivity contribution in [3.05, 3.63) is 17.0 Å². The average Bonchev–Trinajstić information content (AvgIpc) is 2.84. The Labute approximate surface area is 120 Å². The molecule has 0 spiro atoms. The van der Waals surface area contributed by atoms with Gasteiger partial charge in [0, 0.05) is 24.3 Å². The van der Waals surface area contributed by atoms with Gasteiger partial charge in [0.05, 0.1) is 11.3 Å². The van der Waals surface area contributed by atoms with Crippen molar-refractivity contribution in [2.24, 2.45) is 5.92 Å². The van der Waals surface area contributed by atoms with E-state index in [1.165, 1.54) is 25.7 Å². The Morgan fingerprint density at radius 3 is 2.55 bits per heavy atom. The summed E-state index contributed by atoms with van der Waals surface area (Å²) in [5.41, 5.74) is 2.34. The Kier molecular flexibility index (Phi) is 3.54. The average molecular weight is 276 g/mol. The van der Waals surface area contributed by atoms with Crippen LogP contribution in [0.25, 0.3) is 0 Å². The summed E-state index contributed by atoms with van der Waals surface area (Å²) < 4.78 is 0. The van der Waals surface area contributed by atoms with Crippen LogP contribution in [0.4, 0.5) is 0 Å². The molecule has 1 amide bonds. The molecule has 2 aliphatic heterocycles. The molecule has 2 N–H and O–H groups in total. The number of piperidine rings is 1. The number of fused-ring (bicyclic) bond motifs is 2. The van der Waals surface area contributed by atoms with Gasteiger partial charge < -0.3 is 10.2 Å². The molecule has 2 fully saturated rings. The first-order valence-corrected chi connectivity index (χ1v) is 7.58. The molecular formula is C15H24N4O. The van der Waals surface area contributed by atoms with Crippen LogP contribution in [0.1, 0.15) is 47.4 Å². The number of nitrogens with zero attached hydrogens (tertiary/aromatic N) is 2. The number of carbonyl (C=O) groups excluding carboxylic acids is 1. The number of aromatic nitrogens is 2. The molecule has 0 aromatic carbocycles. The number of hydrogen-bond acceptors (Lipinski definition) is 3. The smallest absolute Gasteiger partial charge is 0.255 e. The van der Waals surface area contributed by atoms with Gasteiger partial charge in [0.2, 0.25) is 0 Å². The van der Waals surface area contributed by atoms with Crippen LogP contribution in [0.2, 0.25) is 0 Å². The normalized spacial score (nSPS) is 29.6. The fraction of sp³-hybridized carbons (Fsp3) is 0.733. The van der Waals surface area contributed by atoms with Gasteiger partial charge in [0.15, 0.2) is 0 Å². The monoisotopic (exact) mass is 276 g/mol. The van der Waals surface area contributed by atoms with Crippen molar-refractivity contribution in [2.75, 3.05) is 13.6 Å². The zero-order valence-electron chi connectivity index (χ0n) is 12.6. The van der Waals surface area contributed by atoms with Crippen molar-refractivity contribution in [3.8, 4) is 0 Å². The van der Waals surface area contributed by atoms with E-state index < -0.39 is 0 Å². The first kappa shape index (κ1) is 13.6. The van der Waals surface area contributed by atoms with Gasteiger partial charge in [0.25, 0.3) is 5.91 Å². The third-order valence-electron chi connectivity index (χ3n) is 5.10. The summed E-state index contributed by atoms with van der Waals surface area (Å²) in [5.74, 6) is 0.639. The van der Waals surface area contributed by atoms with Crippen LogP contribution in [0, 0.1) is 19.8 Å². The maximum absolute atomic E-state index is 12.3. The van der Waals surface area contributed by atoms with E-state index in [9.17, 15) is 4.79 Å². The predicted octanol–water partition coefficient (Wildman–Crippen LogP) is 1.63. The minimum atomic E-state index is 0.0139. The van der Waals surface area contributed by atoms with Crippen molar-refractivity contribution in [1.29, 1.82) is 0 Å². The lowest BCUT2D eigenvalue weighted by Crippen LogP contribution is -2.43. The molecule has 2 unspecified atom stereocenters. The minimum Gasteiger partial charge on any atom is -0.352 e. The zero-order chi connectivity index (χ0) is 14.3. The summed E-state index contributed by atoms with van der Waals surface area (Å²) >= 11 is 0. The molecule has 20 heavy (non-hydrogen) atoms. The van der Waals surface area contributed by atoms with Crippen LogP contribution in [-0.4, -0.2) is 46.7 Å². The van der Waals surface area contributed by atoms with Crippen LogP contribution in [0.15, 0.2) is 0 Å². The van der Waals surface area contributed by atoms with Crippen molar-refractivity contribution < 1.29 is 4.79 Å². The number of H-pyrrole nitrogens is 1. The Bertz CT molecular complexity index is 476. The van der Waals surface area contributed by atoms with Crippen LogP contribution >= 0.6 is 0 Å². The summed E-state index contributed by atoms with van der Waals surface area (Å²) in [4.78, 5) is 14.8. The van der Waals surface area contributed by atoms with Gasteiger partial charge in [-0.25, -0.2) is 0 Å². The number of aromatic amines is 1. The van der Waals surface area contributed by atoms with Crippen LogP contribution in [0.5, 0.6) is 0 Å². The summed E-state index contributed by atoms with van der Waals surface area (Å²) in [5, 5.41) is 10.1. The number of amides is 1. The van der Waals surface area contributed by atoms with E-state index in [1.807, 2.05) is 13.8 Å². The van der Waals surface area contributed by atoms with Crippen LogP contribution in [-0.2, 0) is 0 Å². The quantitative estimate of drug-likeness (QED) is 0.882. The Hall–Kier alpha value is -1.36. The number of nitrogens with one attached hydrogen (secondary N) is 2. The van der Waals surface area contributed by atoms with Gasteiger partial charge in [-0.1, -0.05) is 0 Å². The minimum absolute atomic E-state index is 0.0139. The topological polar surface area (TPSA) is 61.0 Å². The second-order valence-corrected chi connectivity index (χ2v) is 6.41. The SMILES string of the molecule is Cc1n[nH]c(C)c1C(=O)NCC1CC2CCC(C1)N2C. The molecule has 110 valence electrons. The summed E-state index contributed by atoms with van der Waals surface area (Å²) in [6, 6.07) is 1.46. The molecule has 2 atom stereocenters. The fourth-order valence-electron chi connectivity index (χ4n) is 3.90. The molecule has 1 aromatic heterocycles. The molecule has 0 aliphatic carbocycles. The van der Waals surface area contributed by atoms with Crippen LogP contribution < -0.4 is 5.32 Å². The number of carbonyl (C=O) groups is 1. The van der Waals surface area contributed by atoms with Gasteiger partial charge in [-0.2, -0.15) is 5.10 Å². The highest BCUT2D eigenvalue weighted by Gasteiger charge is 2.38. The Morgan fingerprint density at radius 1 is 1.35 bits per heavy atom. The Balaban J connectivity index is 1.57. The lowest BCUT2D eigenvalue weighted by atomic mass is 9.91. The molecule has 3 rings (SSSR count). The van der Waals surface area contributed by atoms with E-state index in [0.29, 0.717) is 11.5 Å². The van der Waals surface area contributed by atoms with Gasteiger partial charge in [0.1, 0.15) is 0 Å². The van der Waals surface area contributed by atoms with Crippen molar-refractivity contribution in [1.82, 2.24) is 20.4 Å². The summed E-state index contributed by atoms with van der Waals surface area (Å²) in [6.07, 6.45) is 5.09. The molecule has 2 bridgehead atoms. The molecule has 2 aliphatic rings. The summed E-state index contributed by atoms with van der Waals surface area (Å²) in [7, 11) is 2.25. The number of aryl methyl sites for hydroxylation is 2. The highest BCUT2D eigenvalue weighted by Crippen LogP contribution is 2.37. The van der Waals surface area contributed by atoms with Gasteiger partial charge >= 0.3 is 0 Å². The van der Waals surface area contributed by atoms with E-state index in [1.54, 1.807) is 0 Å². The van der Waals surface area contributed by atoms with E-state index in [2.05, 4.69) is 27.5 Å². The second kappa shape index (κ2) is 5.20. The Morgan fingerprint density at radius 2 is 2.00 bits per heavy atom. The maximum Gasteiger partial charge on any atom is 0.255 e. The fourth-order valence-corrected chi connectivity index (χ4v) is 3.90. The number of rotatable bonds is 3. The second-order valence-electron chi connectivity index (χ2n) is 6.41. The third-order valence-corrected chi connectivity index (χ3v) is 5.10. The van der Waals surface area contributed by atoms with Crippen molar-refractivity contribution >= 4 is 5.91 Å². The molecule has 2 saturated heterocycles. The van der Waals surface area contributed by atoms with Gasteiger partial charge in [-0.15, -0.1) is 0 Å². The van der Waals surface area contributed by atoms with Gasteiger partial charge in [-0.05, 0) is 52.5 Å². The highest BCUT2D eigenvalue weighted by atomic mass is 16.1. The standard InChI is InChI=1S/C15H24N4O/c1-9-14(10(2)18-17-9)15(20)16-8-11-6-12-4-5-13(7-11)19(12)3/h11-13H,4-8H2,1-3H3,(H,16,20)(H,17,18). The van der Waals surface area contributed by atoms with Gasteiger partial charge in [-0.3, -0.25) is 9.89 Å². The van der Waals surface area contributed by atoms with E-state index >= 15 is 0 Å². The molecule has 0 saturated carbocycles. The predicted molar refractivity (Wildman–Crippen MR) is 77.7 cm³/mol. The first-order chi connectivity index (χ1) is 9.56. The molecule has 1 aromatic rings. The molecular weight excluding hydrogens is 252 g/mol. The lowest BCUT2D eigenvalue weighted by molar-refractivity contribution is 0.0916. The molecule has 5 heteroatoms. The van der Waals surface area contributed by atoms with Crippen molar-refractivity contribution in [3.63, 3.8) is 0 Å². The highest BCUT2D eigenvalue weighted by molar-refractivity contribution is 5.96. The van der Waals surface area contributed by atoms with E-state index in [0.717, 1.165) is 30.0 Å². The maximum atomic E-state index is 12.3. The first-order valence-electron chi connectivity index (χ1n) is 7.58. The lowest BCUT2D eigenvalue weighted by Gasteiger charge is -2.36. The van der Waals surface area contributed by atoms with Crippen LogP contribution in [0.3, 0.4) is 0 Å². The van der Waals surface area contributed by atoms with E-state index in [4.69, 9.17) is 0 Å². The molecule has 0 radical (unpaired) electrons. The number of hydrogen-bond donors (Lipinski definition) is 2.